The van der Waals surface area contributed by atoms with Crippen molar-refractivity contribution in [2.75, 3.05) is 0 Å². The Hall–Kier alpha value is -2.74. The van der Waals surface area contributed by atoms with Gasteiger partial charge in [0.05, 0.1) is 17.3 Å². The number of aromatic nitrogens is 4. The number of fused-ring (bicyclic) bond motifs is 1. The van der Waals surface area contributed by atoms with Crippen molar-refractivity contribution in [2.45, 2.75) is 6.92 Å². The molecule has 19 heavy (non-hydrogen) atoms. The van der Waals surface area contributed by atoms with E-state index in [1.165, 1.54) is 6.33 Å². The third-order valence-corrected chi connectivity index (χ3v) is 3.09. The molecule has 0 unspecified atom stereocenters. The van der Waals surface area contributed by atoms with Crippen molar-refractivity contribution in [3.63, 3.8) is 0 Å². The Labute approximate surface area is 110 Å². The molecule has 0 saturated carbocycles. The normalized spacial score (nSPS) is 10.6. The first kappa shape index (κ1) is 11.4. The van der Waals surface area contributed by atoms with Crippen LogP contribution in [-0.4, -0.2) is 19.5 Å². The Morgan fingerprint density at radius 3 is 2.84 bits per heavy atom. The van der Waals surface area contributed by atoms with Crippen LogP contribution in [0.4, 0.5) is 0 Å². The Morgan fingerprint density at radius 1 is 1.26 bits per heavy atom. The molecule has 0 bridgehead atoms. The maximum atomic E-state index is 8.96. The summed E-state index contributed by atoms with van der Waals surface area (Å²) in [6, 6.07) is 9.52. The zero-order chi connectivity index (χ0) is 13.4. The third-order valence-electron chi connectivity index (χ3n) is 3.09. The van der Waals surface area contributed by atoms with E-state index in [9.17, 15) is 0 Å². The largest absolute Gasteiger partial charge is 0.312 e. The van der Waals surface area contributed by atoms with E-state index in [0.29, 0.717) is 5.56 Å². The molecule has 0 aliphatic heterocycles. The molecule has 3 rings (SSSR count). The quantitative estimate of drug-likeness (QED) is 0.663. The smallest absolute Gasteiger partial charge is 0.163 e. The predicted octanol–water partition coefficient (Wildman–Crippen LogP) is 2.21. The molecule has 0 N–H and O–H groups in total. The second-order valence-corrected chi connectivity index (χ2v) is 4.32. The molecule has 0 aliphatic carbocycles. The topological polar surface area (TPSA) is 67.4 Å². The van der Waals surface area contributed by atoms with E-state index < -0.39 is 0 Å². The molecule has 0 fully saturated rings. The van der Waals surface area contributed by atoms with Gasteiger partial charge in [-0.3, -0.25) is 0 Å². The van der Waals surface area contributed by atoms with Crippen LogP contribution < -0.4 is 0 Å². The predicted molar refractivity (Wildman–Crippen MR) is 71.2 cm³/mol. The fourth-order valence-electron chi connectivity index (χ4n) is 2.10. The molecule has 3 aromatic rings. The van der Waals surface area contributed by atoms with Crippen molar-refractivity contribution in [3.8, 4) is 17.5 Å². The Bertz CT molecular complexity index is 810. The summed E-state index contributed by atoms with van der Waals surface area (Å²) in [7, 11) is 1.91. The van der Waals surface area contributed by atoms with Crippen LogP contribution >= 0.6 is 0 Å². The maximum absolute atomic E-state index is 8.96. The molecular weight excluding hydrogens is 238 g/mol. The highest BCUT2D eigenvalue weighted by Gasteiger charge is 2.13. The van der Waals surface area contributed by atoms with Gasteiger partial charge in [-0.05, 0) is 19.1 Å². The second kappa shape index (κ2) is 4.18. The van der Waals surface area contributed by atoms with E-state index in [1.54, 1.807) is 6.07 Å². The van der Waals surface area contributed by atoms with E-state index in [0.717, 1.165) is 28.2 Å². The monoisotopic (exact) mass is 249 g/mol. The van der Waals surface area contributed by atoms with E-state index in [2.05, 4.69) is 21.0 Å². The van der Waals surface area contributed by atoms with Crippen molar-refractivity contribution < 1.29 is 0 Å². The van der Waals surface area contributed by atoms with E-state index in [-0.39, 0.29) is 0 Å². The molecule has 92 valence electrons. The lowest BCUT2D eigenvalue weighted by Crippen LogP contribution is -1.94. The highest BCUT2D eigenvalue weighted by atomic mass is 15.1. The number of hydrogen-bond donors (Lipinski definition) is 0. The van der Waals surface area contributed by atoms with Gasteiger partial charge in [-0.1, -0.05) is 12.1 Å². The number of nitriles is 1. The number of aryl methyl sites for hydroxylation is 2. The molecule has 2 heterocycles. The molecule has 1 aromatic carbocycles. The lowest BCUT2D eigenvalue weighted by atomic mass is 10.1. The fraction of sp³-hybridized carbons (Fsp3) is 0.143. The molecule has 0 radical (unpaired) electrons. The van der Waals surface area contributed by atoms with Gasteiger partial charge in [-0.15, -0.1) is 0 Å². The van der Waals surface area contributed by atoms with Gasteiger partial charge in [0.15, 0.2) is 5.65 Å². The van der Waals surface area contributed by atoms with Crippen molar-refractivity contribution in [1.82, 2.24) is 19.5 Å². The highest BCUT2D eigenvalue weighted by molar-refractivity contribution is 5.78. The minimum absolute atomic E-state index is 0.618. The van der Waals surface area contributed by atoms with Crippen molar-refractivity contribution in [2.24, 2.45) is 7.05 Å². The van der Waals surface area contributed by atoms with Crippen LogP contribution in [0.25, 0.3) is 22.6 Å². The Morgan fingerprint density at radius 2 is 2.11 bits per heavy atom. The van der Waals surface area contributed by atoms with Crippen LogP contribution in [-0.2, 0) is 7.05 Å². The van der Waals surface area contributed by atoms with Crippen LogP contribution in [0.3, 0.4) is 0 Å². The van der Waals surface area contributed by atoms with Gasteiger partial charge in [0.1, 0.15) is 17.7 Å². The minimum Gasteiger partial charge on any atom is -0.312 e. The summed E-state index contributed by atoms with van der Waals surface area (Å²) in [6.45, 7) is 1.91. The Kier molecular flexibility index (Phi) is 2.50. The fourth-order valence-corrected chi connectivity index (χ4v) is 2.10. The number of hydrogen-bond acceptors (Lipinski definition) is 4. The molecule has 5 heteroatoms. The van der Waals surface area contributed by atoms with Gasteiger partial charge in [-0.2, -0.15) is 5.26 Å². The average Bonchev–Trinajstić information content (AvgIpc) is 2.78. The minimum atomic E-state index is 0.618. The summed E-state index contributed by atoms with van der Waals surface area (Å²) in [4.78, 5) is 13.0. The van der Waals surface area contributed by atoms with Crippen LogP contribution in [0.15, 0.2) is 30.6 Å². The van der Waals surface area contributed by atoms with Crippen molar-refractivity contribution in [1.29, 1.82) is 5.26 Å². The summed E-state index contributed by atoms with van der Waals surface area (Å²) in [5.74, 6) is 0.788. The SMILES string of the molecule is Cc1ncnc2c1nc(-c1cccc(C#N)c1)n2C. The summed E-state index contributed by atoms with van der Waals surface area (Å²) < 4.78 is 1.92. The summed E-state index contributed by atoms with van der Waals surface area (Å²) in [5.41, 5.74) is 3.96. The second-order valence-electron chi connectivity index (χ2n) is 4.32. The zero-order valence-corrected chi connectivity index (χ0v) is 10.6. The molecule has 2 aromatic heterocycles. The molecule has 0 atom stereocenters. The summed E-state index contributed by atoms with van der Waals surface area (Å²) >= 11 is 0. The first-order chi connectivity index (χ1) is 9.20. The zero-order valence-electron chi connectivity index (χ0n) is 10.6. The van der Waals surface area contributed by atoms with Crippen molar-refractivity contribution >= 4 is 11.2 Å². The van der Waals surface area contributed by atoms with Crippen LogP contribution in [0, 0.1) is 18.3 Å². The first-order valence-electron chi connectivity index (χ1n) is 5.85. The maximum Gasteiger partial charge on any atom is 0.163 e. The van der Waals surface area contributed by atoms with Crippen molar-refractivity contribution in [3.05, 3.63) is 41.9 Å². The van der Waals surface area contributed by atoms with Gasteiger partial charge in [0.25, 0.3) is 0 Å². The van der Waals surface area contributed by atoms with Crippen LogP contribution in [0.1, 0.15) is 11.3 Å². The number of imidazole rings is 1. The standard InChI is InChI=1S/C14H11N5/c1-9-12-14(17-8-16-9)19(2)13(18-12)11-5-3-4-10(6-11)7-15/h3-6,8H,1-2H3. The number of nitrogens with zero attached hydrogens (tertiary/aromatic N) is 5. The Balaban J connectivity index is 2.28. The molecule has 0 spiro atoms. The molecule has 5 nitrogen and oxygen atoms in total. The molecular formula is C14H11N5. The molecule has 0 amide bonds. The summed E-state index contributed by atoms with van der Waals surface area (Å²) in [5, 5.41) is 8.96. The van der Waals surface area contributed by atoms with Gasteiger partial charge in [0, 0.05) is 12.6 Å². The number of rotatable bonds is 1. The van der Waals surface area contributed by atoms with E-state index in [1.807, 2.05) is 36.7 Å². The summed E-state index contributed by atoms with van der Waals surface area (Å²) in [6.07, 6.45) is 1.54. The highest BCUT2D eigenvalue weighted by Crippen LogP contribution is 2.23. The van der Waals surface area contributed by atoms with E-state index in [4.69, 9.17) is 5.26 Å². The lowest BCUT2D eigenvalue weighted by Gasteiger charge is -2.01. The molecule has 0 aliphatic rings. The average molecular weight is 249 g/mol. The van der Waals surface area contributed by atoms with Crippen LogP contribution in [0.5, 0.6) is 0 Å². The number of benzene rings is 1. The first-order valence-corrected chi connectivity index (χ1v) is 5.85. The van der Waals surface area contributed by atoms with Gasteiger partial charge in [-0.25, -0.2) is 15.0 Å². The third kappa shape index (κ3) is 1.74. The lowest BCUT2D eigenvalue weighted by molar-refractivity contribution is 0.937. The molecule has 0 saturated heterocycles. The van der Waals surface area contributed by atoms with Crippen LogP contribution in [0.2, 0.25) is 0 Å². The van der Waals surface area contributed by atoms with Gasteiger partial charge in [0.2, 0.25) is 0 Å². The van der Waals surface area contributed by atoms with Gasteiger partial charge >= 0.3 is 0 Å². The van der Waals surface area contributed by atoms with E-state index >= 15 is 0 Å². The van der Waals surface area contributed by atoms with Gasteiger partial charge < -0.3 is 4.57 Å².